The number of sulfonamides is 1. The highest BCUT2D eigenvalue weighted by molar-refractivity contribution is 7.89. The normalized spacial score (nSPS) is 11.6. The fraction of sp³-hybridized carbons (Fsp3) is 0.273. The van der Waals surface area contributed by atoms with Crippen LogP contribution in [0.15, 0.2) is 58.2 Å². The van der Waals surface area contributed by atoms with E-state index in [-0.39, 0.29) is 27.9 Å². The SMILES string of the molecule is COc1ccc(C(=O)Nc2c(C)n(C)n(-c3ccccc3)c2=O)cc1S(=O)(=O)NC(C)C. The summed E-state index contributed by atoms with van der Waals surface area (Å²) in [6, 6.07) is 12.8. The maximum atomic E-state index is 13.0. The molecular formula is C22H26N4O5S. The van der Waals surface area contributed by atoms with Crippen molar-refractivity contribution in [2.45, 2.75) is 31.7 Å². The average Bonchev–Trinajstić information content (AvgIpc) is 2.96. The van der Waals surface area contributed by atoms with Gasteiger partial charge >= 0.3 is 0 Å². The monoisotopic (exact) mass is 458 g/mol. The van der Waals surface area contributed by atoms with E-state index in [0.29, 0.717) is 11.4 Å². The second-order valence-corrected chi connectivity index (χ2v) is 9.21. The van der Waals surface area contributed by atoms with Crippen molar-refractivity contribution in [3.63, 3.8) is 0 Å². The Balaban J connectivity index is 2.00. The van der Waals surface area contributed by atoms with Gasteiger partial charge in [-0.05, 0) is 51.1 Å². The Bertz CT molecular complexity index is 1310. The molecule has 2 aromatic carbocycles. The number of nitrogens with zero attached hydrogens (tertiary/aromatic N) is 2. The number of ether oxygens (including phenoxy) is 1. The third-order valence-corrected chi connectivity index (χ3v) is 6.58. The molecular weight excluding hydrogens is 432 g/mol. The number of rotatable bonds is 7. The molecule has 0 aliphatic carbocycles. The van der Waals surface area contributed by atoms with Crippen LogP contribution in [0.2, 0.25) is 0 Å². The first kappa shape index (κ1) is 23.3. The fourth-order valence-electron chi connectivity index (χ4n) is 3.30. The van der Waals surface area contributed by atoms with Gasteiger partial charge in [0.05, 0.1) is 18.5 Å². The fourth-order valence-corrected chi connectivity index (χ4v) is 4.75. The van der Waals surface area contributed by atoms with Crippen LogP contribution in [0.3, 0.4) is 0 Å². The number of benzene rings is 2. The van der Waals surface area contributed by atoms with Crippen LogP contribution in [0.1, 0.15) is 29.9 Å². The predicted molar refractivity (Wildman–Crippen MR) is 122 cm³/mol. The molecule has 3 aromatic rings. The summed E-state index contributed by atoms with van der Waals surface area (Å²) >= 11 is 0. The first-order valence-electron chi connectivity index (χ1n) is 9.92. The van der Waals surface area contributed by atoms with E-state index in [9.17, 15) is 18.0 Å². The summed E-state index contributed by atoms with van der Waals surface area (Å²) in [6.45, 7) is 5.10. The van der Waals surface area contributed by atoms with Crippen LogP contribution in [0.4, 0.5) is 5.69 Å². The molecule has 0 bridgehead atoms. The van der Waals surface area contributed by atoms with Gasteiger partial charge in [-0.15, -0.1) is 0 Å². The molecule has 32 heavy (non-hydrogen) atoms. The third kappa shape index (κ3) is 4.46. The van der Waals surface area contributed by atoms with E-state index in [1.165, 1.54) is 30.0 Å². The van der Waals surface area contributed by atoms with E-state index < -0.39 is 21.5 Å². The van der Waals surface area contributed by atoms with Crippen molar-refractivity contribution in [2.75, 3.05) is 12.4 Å². The number of hydrogen-bond acceptors (Lipinski definition) is 5. The number of carbonyl (C=O) groups excluding carboxylic acids is 1. The molecule has 0 radical (unpaired) electrons. The van der Waals surface area contributed by atoms with Gasteiger partial charge in [0.15, 0.2) is 0 Å². The molecule has 0 aliphatic heterocycles. The van der Waals surface area contributed by atoms with Crippen molar-refractivity contribution in [3.8, 4) is 11.4 Å². The topological polar surface area (TPSA) is 111 Å². The van der Waals surface area contributed by atoms with Gasteiger partial charge in [0.2, 0.25) is 10.0 Å². The van der Waals surface area contributed by atoms with Gasteiger partial charge in [-0.2, -0.15) is 0 Å². The van der Waals surface area contributed by atoms with Crippen LogP contribution in [0, 0.1) is 6.92 Å². The van der Waals surface area contributed by atoms with E-state index in [1.807, 2.05) is 18.2 Å². The molecule has 0 fully saturated rings. The second-order valence-electron chi connectivity index (χ2n) is 7.53. The number of para-hydroxylation sites is 1. The molecule has 0 atom stereocenters. The first-order valence-corrected chi connectivity index (χ1v) is 11.4. The summed E-state index contributed by atoms with van der Waals surface area (Å²) in [4.78, 5) is 25.8. The third-order valence-electron chi connectivity index (χ3n) is 4.90. The molecule has 1 aromatic heterocycles. The lowest BCUT2D eigenvalue weighted by atomic mass is 10.2. The molecule has 0 saturated heterocycles. The average molecular weight is 459 g/mol. The van der Waals surface area contributed by atoms with Crippen molar-refractivity contribution in [1.29, 1.82) is 0 Å². The quantitative estimate of drug-likeness (QED) is 0.565. The summed E-state index contributed by atoms with van der Waals surface area (Å²) < 4.78 is 36.1. The minimum Gasteiger partial charge on any atom is -0.495 e. The summed E-state index contributed by atoms with van der Waals surface area (Å²) in [5, 5.41) is 2.63. The number of methoxy groups -OCH3 is 1. The molecule has 170 valence electrons. The Morgan fingerprint density at radius 1 is 1.09 bits per heavy atom. The summed E-state index contributed by atoms with van der Waals surface area (Å²) in [6.07, 6.45) is 0. The van der Waals surface area contributed by atoms with Crippen molar-refractivity contribution >= 4 is 21.6 Å². The molecule has 10 heteroatoms. The van der Waals surface area contributed by atoms with E-state index in [1.54, 1.807) is 44.6 Å². The van der Waals surface area contributed by atoms with E-state index in [2.05, 4.69) is 10.0 Å². The molecule has 0 spiro atoms. The minimum absolute atomic E-state index is 0.0730. The molecule has 0 aliphatic rings. The zero-order chi connectivity index (χ0) is 23.6. The second kappa shape index (κ2) is 9.01. The molecule has 0 saturated carbocycles. The van der Waals surface area contributed by atoms with Gasteiger partial charge in [0.25, 0.3) is 11.5 Å². The maximum Gasteiger partial charge on any atom is 0.295 e. The van der Waals surface area contributed by atoms with Gasteiger partial charge in [-0.3, -0.25) is 14.3 Å². The summed E-state index contributed by atoms with van der Waals surface area (Å²) in [5.74, 6) is -0.503. The number of nitrogens with one attached hydrogen (secondary N) is 2. The zero-order valence-corrected chi connectivity index (χ0v) is 19.4. The lowest BCUT2D eigenvalue weighted by Crippen LogP contribution is -2.30. The smallest absolute Gasteiger partial charge is 0.295 e. The van der Waals surface area contributed by atoms with Gasteiger partial charge in [-0.25, -0.2) is 17.8 Å². The van der Waals surface area contributed by atoms with Crippen LogP contribution in [0.5, 0.6) is 5.75 Å². The predicted octanol–water partition coefficient (Wildman–Crippen LogP) is 2.43. The lowest BCUT2D eigenvalue weighted by molar-refractivity contribution is 0.102. The van der Waals surface area contributed by atoms with Crippen LogP contribution < -0.4 is 20.3 Å². The highest BCUT2D eigenvalue weighted by Crippen LogP contribution is 2.26. The van der Waals surface area contributed by atoms with Crippen molar-refractivity contribution in [1.82, 2.24) is 14.1 Å². The highest BCUT2D eigenvalue weighted by atomic mass is 32.2. The molecule has 0 unspecified atom stereocenters. The number of carbonyl (C=O) groups is 1. The molecule has 9 nitrogen and oxygen atoms in total. The van der Waals surface area contributed by atoms with Gasteiger partial charge < -0.3 is 10.1 Å². The maximum absolute atomic E-state index is 13.0. The largest absolute Gasteiger partial charge is 0.495 e. The van der Waals surface area contributed by atoms with Crippen LogP contribution in [0.25, 0.3) is 5.69 Å². The Labute approximate surface area is 186 Å². The number of hydrogen-bond donors (Lipinski definition) is 2. The highest BCUT2D eigenvalue weighted by Gasteiger charge is 2.24. The van der Waals surface area contributed by atoms with E-state index in [4.69, 9.17) is 4.74 Å². The number of anilines is 1. The zero-order valence-electron chi connectivity index (χ0n) is 18.5. The molecule has 2 N–H and O–H groups in total. The standard InChI is InChI=1S/C22H26N4O5S/c1-14(2)24-32(29,30)19-13-16(11-12-18(19)31-5)21(27)23-20-15(3)25(4)26(22(20)28)17-9-7-6-8-10-17/h6-14,24H,1-5H3,(H,23,27). The molecule has 1 heterocycles. The van der Waals surface area contributed by atoms with Crippen molar-refractivity contribution in [3.05, 3.63) is 70.1 Å². The van der Waals surface area contributed by atoms with Crippen LogP contribution in [-0.2, 0) is 17.1 Å². The van der Waals surface area contributed by atoms with Crippen molar-refractivity contribution < 1.29 is 17.9 Å². The Morgan fingerprint density at radius 2 is 1.75 bits per heavy atom. The van der Waals surface area contributed by atoms with Crippen LogP contribution >= 0.6 is 0 Å². The van der Waals surface area contributed by atoms with Gasteiger partial charge in [-0.1, -0.05) is 18.2 Å². The minimum atomic E-state index is -3.91. The van der Waals surface area contributed by atoms with Gasteiger partial charge in [0.1, 0.15) is 16.3 Å². The van der Waals surface area contributed by atoms with Crippen LogP contribution in [-0.4, -0.2) is 36.8 Å². The lowest BCUT2D eigenvalue weighted by Gasteiger charge is -2.14. The van der Waals surface area contributed by atoms with E-state index >= 15 is 0 Å². The Kier molecular flexibility index (Phi) is 6.56. The van der Waals surface area contributed by atoms with Crippen molar-refractivity contribution in [2.24, 2.45) is 7.05 Å². The molecule has 1 amide bonds. The molecule has 3 rings (SSSR count). The first-order chi connectivity index (χ1) is 15.1. The number of aromatic nitrogens is 2. The summed E-state index contributed by atoms with van der Waals surface area (Å²) in [7, 11) is -0.844. The Hall–Kier alpha value is -3.37. The van der Waals surface area contributed by atoms with Gasteiger partial charge in [0, 0.05) is 18.7 Å². The Morgan fingerprint density at radius 3 is 2.34 bits per heavy atom. The van der Waals surface area contributed by atoms with E-state index in [0.717, 1.165) is 0 Å². The number of amides is 1. The summed E-state index contributed by atoms with van der Waals surface area (Å²) in [5.41, 5.74) is 0.995.